The van der Waals surface area contributed by atoms with Crippen molar-refractivity contribution >= 4 is 19.4 Å². The fraction of sp³-hybridized carbons (Fsp3) is 0.381. The van der Waals surface area contributed by atoms with E-state index in [1.807, 2.05) is 26.0 Å². The molecule has 0 saturated carbocycles. The number of hydrogen-bond acceptors (Lipinski definition) is 3. The van der Waals surface area contributed by atoms with Gasteiger partial charge >= 0.3 is 18.9 Å². The number of carbonyl (C=O) groups excluding carboxylic acids is 1. The summed E-state index contributed by atoms with van der Waals surface area (Å²) in [5, 5.41) is 0.840. The van der Waals surface area contributed by atoms with Gasteiger partial charge in [-0.2, -0.15) is 5.30 Å². The molecule has 0 aliphatic rings. The van der Waals surface area contributed by atoms with Gasteiger partial charge in [-0.25, -0.2) is 0 Å². The van der Waals surface area contributed by atoms with Gasteiger partial charge in [0.1, 0.15) is 5.75 Å². The van der Waals surface area contributed by atoms with E-state index < -0.39 is 0 Å². The zero-order valence-electron chi connectivity index (χ0n) is 17.1. The van der Waals surface area contributed by atoms with Crippen molar-refractivity contribution in [1.29, 1.82) is 0 Å². The predicted molar refractivity (Wildman–Crippen MR) is 105 cm³/mol. The molecule has 3 nitrogen and oxygen atoms in total. The topological polar surface area (TPSA) is 35.5 Å². The molecule has 0 amide bonds. The molecule has 0 aliphatic carbocycles. The number of aryl methyl sites for hydroxylation is 2. The number of hydrogen-bond donors (Lipinski definition) is 0. The van der Waals surface area contributed by atoms with E-state index in [1.54, 1.807) is 20.3 Å². The largest absolute Gasteiger partial charge is 1.00 e. The van der Waals surface area contributed by atoms with Gasteiger partial charge in [0.05, 0.1) is 20.0 Å². The minimum absolute atomic E-state index is 0. The normalized spacial score (nSPS) is 11.3. The Morgan fingerprint density at radius 2 is 1.54 bits per heavy atom. The van der Waals surface area contributed by atoms with Gasteiger partial charge in [-0.15, -0.1) is 0 Å². The summed E-state index contributed by atoms with van der Waals surface area (Å²) in [6, 6.07) is 9.78. The summed E-state index contributed by atoms with van der Waals surface area (Å²) in [4.78, 5) is 12.9. The number of carbonyl (C=O) groups is 1. The van der Waals surface area contributed by atoms with Crippen LogP contribution in [0.4, 0.5) is 0 Å². The number of benzene rings is 2. The van der Waals surface area contributed by atoms with Crippen molar-refractivity contribution in [3.05, 3.63) is 52.6 Å². The Hall–Kier alpha value is -1.26. The van der Waals surface area contributed by atoms with Crippen LogP contribution in [0.5, 0.6) is 11.5 Å². The van der Waals surface area contributed by atoms with Gasteiger partial charge in [0.25, 0.3) is 0 Å². The Balaban J connectivity index is 0.00000338. The zero-order chi connectivity index (χ0) is 18.8. The van der Waals surface area contributed by atoms with Crippen LogP contribution in [0.25, 0.3) is 0 Å². The average Bonchev–Trinajstić information content (AvgIpc) is 2.53. The maximum atomic E-state index is 12.9. The third-order valence-corrected chi connectivity index (χ3v) is 5.26. The zero-order valence-corrected chi connectivity index (χ0v) is 18.0. The molecule has 2 aromatic carbocycles. The van der Waals surface area contributed by atoms with Crippen LogP contribution in [-0.4, -0.2) is 19.7 Å². The molecule has 2 aromatic rings. The molecule has 0 saturated heterocycles. The average molecular weight is 364 g/mol. The minimum atomic E-state index is 0. The first kappa shape index (κ1) is 22.8. The van der Waals surface area contributed by atoms with Gasteiger partial charge in [0.15, 0.2) is 0 Å². The van der Waals surface area contributed by atoms with Crippen LogP contribution < -0.4 is 33.6 Å². The standard InChI is InChI=1S/C21H26O3P.Li/c1-13-10-15(21(3,4)5)11-14(2)19(13)20(22)25-18-9-8-16(23-6)12-17(18)24-7;/h8-12H,1-7H3;/q-1;+1. The van der Waals surface area contributed by atoms with Crippen molar-refractivity contribution in [3.8, 4) is 11.5 Å². The van der Waals surface area contributed by atoms with Crippen molar-refractivity contribution in [2.45, 2.75) is 40.0 Å². The monoisotopic (exact) mass is 364 g/mol. The Morgan fingerprint density at radius 3 is 2.00 bits per heavy atom. The Bertz CT molecular complexity index is 771. The van der Waals surface area contributed by atoms with E-state index >= 15 is 0 Å². The van der Waals surface area contributed by atoms with E-state index in [4.69, 9.17) is 9.47 Å². The molecule has 0 atom stereocenters. The van der Waals surface area contributed by atoms with Gasteiger partial charge in [0.2, 0.25) is 0 Å². The second-order valence-corrected chi connectivity index (χ2v) is 8.30. The first-order valence-electron chi connectivity index (χ1n) is 8.27. The summed E-state index contributed by atoms with van der Waals surface area (Å²) in [7, 11) is 3.82. The molecule has 2 rings (SSSR count). The van der Waals surface area contributed by atoms with Gasteiger partial charge in [0, 0.05) is 11.6 Å². The van der Waals surface area contributed by atoms with E-state index in [2.05, 4.69) is 32.9 Å². The summed E-state index contributed by atoms with van der Waals surface area (Å²) >= 11 is 0. The summed E-state index contributed by atoms with van der Waals surface area (Å²) in [6.07, 6.45) is 0. The SMILES string of the molecule is COc1ccc([P-]C(=O)c2c(C)cc(C(C)(C)C)cc2C)c(OC)c1.[Li+]. The van der Waals surface area contributed by atoms with Gasteiger partial charge in [-0.1, -0.05) is 39.0 Å². The molecule has 0 aliphatic heterocycles. The number of methoxy groups -OCH3 is 2. The fourth-order valence-electron chi connectivity index (χ4n) is 2.78. The van der Waals surface area contributed by atoms with Crippen LogP contribution in [0.2, 0.25) is 0 Å². The molecule has 134 valence electrons. The predicted octanol–water partition coefficient (Wildman–Crippen LogP) is 2.03. The molecular formula is C21H26LiO3P. The van der Waals surface area contributed by atoms with Crippen molar-refractivity contribution in [1.82, 2.24) is 0 Å². The first-order chi connectivity index (χ1) is 11.7. The molecule has 0 fully saturated rings. The van der Waals surface area contributed by atoms with E-state index in [9.17, 15) is 4.79 Å². The Kier molecular flexibility index (Phi) is 7.97. The maximum Gasteiger partial charge on any atom is 1.00 e. The number of rotatable bonds is 5. The Morgan fingerprint density at radius 1 is 0.962 bits per heavy atom. The minimum Gasteiger partial charge on any atom is -0.499 e. The quantitative estimate of drug-likeness (QED) is 0.602. The second-order valence-electron chi connectivity index (χ2n) is 7.19. The van der Waals surface area contributed by atoms with Crippen LogP contribution in [0, 0.1) is 13.8 Å². The van der Waals surface area contributed by atoms with Crippen molar-refractivity contribution in [2.75, 3.05) is 14.2 Å². The molecular weight excluding hydrogens is 338 g/mol. The summed E-state index contributed by atoms with van der Waals surface area (Å²) in [6.45, 7) is 10.6. The molecule has 0 aromatic heterocycles. The summed E-state index contributed by atoms with van der Waals surface area (Å²) < 4.78 is 10.6. The third-order valence-electron chi connectivity index (χ3n) is 4.22. The molecule has 0 heterocycles. The summed E-state index contributed by atoms with van der Waals surface area (Å²) in [5.41, 5.74) is 4.24. The molecule has 0 spiro atoms. The van der Waals surface area contributed by atoms with E-state index in [0.29, 0.717) is 20.1 Å². The van der Waals surface area contributed by atoms with Gasteiger partial charge in [-0.05, 0) is 47.6 Å². The first-order valence-corrected chi connectivity index (χ1v) is 9.16. The van der Waals surface area contributed by atoms with E-state index in [1.165, 1.54) is 5.56 Å². The van der Waals surface area contributed by atoms with Gasteiger partial charge in [-0.3, -0.25) is 0 Å². The van der Waals surface area contributed by atoms with Crippen molar-refractivity contribution in [3.63, 3.8) is 0 Å². The maximum absolute atomic E-state index is 12.9. The Labute approximate surface area is 170 Å². The fourth-order valence-corrected chi connectivity index (χ4v) is 3.87. The van der Waals surface area contributed by atoms with Gasteiger partial charge < -0.3 is 22.8 Å². The van der Waals surface area contributed by atoms with Crippen molar-refractivity contribution < 1.29 is 33.1 Å². The van der Waals surface area contributed by atoms with Crippen LogP contribution in [0.1, 0.15) is 47.8 Å². The van der Waals surface area contributed by atoms with Crippen LogP contribution in [0.3, 0.4) is 0 Å². The third kappa shape index (κ3) is 5.14. The second kappa shape index (κ2) is 9.09. The number of ether oxygens (including phenoxy) is 2. The van der Waals surface area contributed by atoms with Crippen LogP contribution in [-0.2, 0) is 5.41 Å². The smallest absolute Gasteiger partial charge is 0.499 e. The molecule has 0 N–H and O–H groups in total. The molecule has 0 bridgehead atoms. The molecule has 26 heavy (non-hydrogen) atoms. The molecule has 0 unspecified atom stereocenters. The van der Waals surface area contributed by atoms with Crippen LogP contribution in [0.15, 0.2) is 30.3 Å². The van der Waals surface area contributed by atoms with Crippen LogP contribution >= 0.6 is 8.58 Å². The van der Waals surface area contributed by atoms with E-state index in [-0.39, 0.29) is 29.8 Å². The summed E-state index contributed by atoms with van der Waals surface area (Å²) in [5.74, 6) is 1.38. The van der Waals surface area contributed by atoms with Crippen molar-refractivity contribution in [2.24, 2.45) is 0 Å². The van der Waals surface area contributed by atoms with E-state index in [0.717, 1.165) is 22.0 Å². The molecule has 5 heteroatoms. The molecule has 0 radical (unpaired) electrons.